The molecule has 0 fully saturated rings. The average Bonchev–Trinajstić information content (AvgIpc) is 3.31. The molecular formula is C23H28N4O5S2. The van der Waals surface area contributed by atoms with Crippen molar-refractivity contribution >= 4 is 32.4 Å². The maximum Gasteiger partial charge on any atom is 0.257 e. The minimum absolute atomic E-state index is 0.163. The van der Waals surface area contributed by atoms with Crippen LogP contribution in [0.25, 0.3) is 10.6 Å². The smallest absolute Gasteiger partial charge is 0.257 e. The minimum atomic E-state index is -3.61. The molecule has 1 N–H and O–H groups in total. The van der Waals surface area contributed by atoms with E-state index in [4.69, 9.17) is 9.47 Å². The summed E-state index contributed by atoms with van der Waals surface area (Å²) >= 11 is 1.20. The minimum Gasteiger partial charge on any atom is -0.497 e. The largest absolute Gasteiger partial charge is 0.497 e. The summed E-state index contributed by atoms with van der Waals surface area (Å²) in [6.45, 7) is 4.79. The van der Waals surface area contributed by atoms with E-state index >= 15 is 0 Å². The highest BCUT2D eigenvalue weighted by Gasteiger charge is 2.23. The molecule has 34 heavy (non-hydrogen) atoms. The molecule has 0 spiro atoms. The number of ether oxygens (including phenoxy) is 2. The van der Waals surface area contributed by atoms with Gasteiger partial charge in [0.25, 0.3) is 5.91 Å². The van der Waals surface area contributed by atoms with Gasteiger partial charge in [-0.3, -0.25) is 10.1 Å². The third-order valence-corrected chi connectivity index (χ3v) is 7.77. The SMILES string of the molecule is CCCN(CCC)S(=O)(=O)c1ccc(C(=O)Nc2nnc(-c3ccc(OC)cc3OC)s2)cc1. The van der Waals surface area contributed by atoms with E-state index in [1.54, 1.807) is 26.4 Å². The van der Waals surface area contributed by atoms with Gasteiger partial charge in [0.15, 0.2) is 5.01 Å². The second-order valence-corrected chi connectivity index (χ2v) is 10.3. The number of nitrogens with one attached hydrogen (secondary N) is 1. The quantitative estimate of drug-likeness (QED) is 0.415. The van der Waals surface area contributed by atoms with Crippen LogP contribution in [-0.2, 0) is 10.0 Å². The van der Waals surface area contributed by atoms with Crippen molar-refractivity contribution in [2.45, 2.75) is 31.6 Å². The number of methoxy groups -OCH3 is 2. The van der Waals surface area contributed by atoms with Gasteiger partial charge in [0.1, 0.15) is 11.5 Å². The number of amides is 1. The maximum absolute atomic E-state index is 12.9. The van der Waals surface area contributed by atoms with Gasteiger partial charge in [-0.05, 0) is 49.2 Å². The number of nitrogens with zero attached hydrogens (tertiary/aromatic N) is 3. The van der Waals surface area contributed by atoms with E-state index in [0.717, 1.165) is 18.4 Å². The van der Waals surface area contributed by atoms with Crippen molar-refractivity contribution in [2.24, 2.45) is 0 Å². The van der Waals surface area contributed by atoms with Gasteiger partial charge in [0, 0.05) is 24.7 Å². The van der Waals surface area contributed by atoms with Crippen molar-refractivity contribution in [1.29, 1.82) is 0 Å². The maximum atomic E-state index is 12.9. The Labute approximate surface area is 203 Å². The molecule has 182 valence electrons. The van der Waals surface area contributed by atoms with Gasteiger partial charge in [0.05, 0.1) is 24.7 Å². The van der Waals surface area contributed by atoms with E-state index in [1.165, 1.54) is 39.9 Å². The van der Waals surface area contributed by atoms with E-state index < -0.39 is 15.9 Å². The predicted octanol–water partition coefficient (Wildman–Crippen LogP) is 4.29. The van der Waals surface area contributed by atoms with Gasteiger partial charge in [-0.1, -0.05) is 25.2 Å². The van der Waals surface area contributed by atoms with Gasteiger partial charge in [-0.25, -0.2) is 8.42 Å². The van der Waals surface area contributed by atoms with E-state index in [-0.39, 0.29) is 4.90 Å². The number of benzene rings is 2. The zero-order valence-corrected chi connectivity index (χ0v) is 21.2. The first-order valence-corrected chi connectivity index (χ1v) is 13.1. The lowest BCUT2D eigenvalue weighted by molar-refractivity contribution is 0.102. The van der Waals surface area contributed by atoms with Crippen molar-refractivity contribution in [1.82, 2.24) is 14.5 Å². The zero-order chi connectivity index (χ0) is 24.7. The standard InChI is InChI=1S/C23H28N4O5S2/c1-5-13-27(14-6-2)34(29,30)18-10-7-16(8-11-18)21(28)24-23-26-25-22(33-23)19-12-9-17(31-3)15-20(19)32-4/h7-12,15H,5-6,13-14H2,1-4H3,(H,24,26,28). The highest BCUT2D eigenvalue weighted by atomic mass is 32.2. The molecule has 3 rings (SSSR count). The number of rotatable bonds is 11. The van der Waals surface area contributed by atoms with Gasteiger partial charge in [0.2, 0.25) is 15.2 Å². The monoisotopic (exact) mass is 504 g/mol. The summed E-state index contributed by atoms with van der Waals surface area (Å²) in [6, 6.07) is 11.2. The number of carbonyl (C=O) groups excluding carboxylic acids is 1. The zero-order valence-electron chi connectivity index (χ0n) is 19.6. The molecule has 1 aromatic heterocycles. The van der Waals surface area contributed by atoms with Crippen LogP contribution in [0.15, 0.2) is 47.4 Å². The normalized spacial score (nSPS) is 11.4. The predicted molar refractivity (Wildman–Crippen MR) is 132 cm³/mol. The van der Waals surface area contributed by atoms with Crippen molar-refractivity contribution in [2.75, 3.05) is 32.6 Å². The molecule has 0 saturated carbocycles. The Kier molecular flexibility index (Phi) is 8.59. The molecule has 1 amide bonds. The molecule has 0 aliphatic carbocycles. The molecule has 0 saturated heterocycles. The van der Waals surface area contributed by atoms with Gasteiger partial charge in [-0.2, -0.15) is 4.31 Å². The van der Waals surface area contributed by atoms with Crippen molar-refractivity contribution in [3.05, 3.63) is 48.0 Å². The van der Waals surface area contributed by atoms with Crippen LogP contribution in [0, 0.1) is 0 Å². The molecule has 9 nitrogen and oxygen atoms in total. The van der Waals surface area contributed by atoms with Crippen molar-refractivity contribution < 1.29 is 22.7 Å². The summed E-state index contributed by atoms with van der Waals surface area (Å²) in [5.41, 5.74) is 1.04. The molecule has 0 radical (unpaired) electrons. The lowest BCUT2D eigenvalue weighted by Gasteiger charge is -2.21. The summed E-state index contributed by atoms with van der Waals surface area (Å²) in [4.78, 5) is 12.9. The molecule has 11 heteroatoms. The Morgan fingerprint density at radius 2 is 1.68 bits per heavy atom. The second kappa shape index (κ2) is 11.4. The number of hydrogen-bond donors (Lipinski definition) is 1. The van der Waals surface area contributed by atoms with E-state index in [1.807, 2.05) is 19.9 Å². The Hall–Kier alpha value is -3.02. The van der Waals surface area contributed by atoms with Crippen LogP contribution >= 0.6 is 11.3 Å². The molecule has 1 heterocycles. The average molecular weight is 505 g/mol. The summed E-state index contributed by atoms with van der Waals surface area (Å²) in [5, 5.41) is 11.8. The molecule has 0 aliphatic heterocycles. The van der Waals surface area contributed by atoms with E-state index in [0.29, 0.717) is 40.3 Å². The summed E-state index contributed by atoms with van der Waals surface area (Å²) in [5.74, 6) is 0.814. The number of hydrogen-bond acceptors (Lipinski definition) is 8. The molecule has 0 aliphatic rings. The molecule has 0 unspecified atom stereocenters. The third kappa shape index (κ3) is 5.72. The first-order chi connectivity index (χ1) is 16.3. The lowest BCUT2D eigenvalue weighted by atomic mass is 10.2. The Balaban J connectivity index is 1.74. The second-order valence-electron chi connectivity index (χ2n) is 7.36. The summed E-state index contributed by atoms with van der Waals surface area (Å²) < 4.78 is 37.9. The van der Waals surface area contributed by atoms with E-state index in [9.17, 15) is 13.2 Å². The Morgan fingerprint density at radius 1 is 1.00 bits per heavy atom. The van der Waals surface area contributed by atoms with Crippen molar-refractivity contribution in [3.63, 3.8) is 0 Å². The Bertz CT molecular complexity index is 1220. The van der Waals surface area contributed by atoms with Crippen LogP contribution in [0.3, 0.4) is 0 Å². The van der Waals surface area contributed by atoms with Gasteiger partial charge in [-0.15, -0.1) is 10.2 Å². The Morgan fingerprint density at radius 3 is 2.26 bits per heavy atom. The van der Waals surface area contributed by atoms with Crippen LogP contribution in [0.2, 0.25) is 0 Å². The highest BCUT2D eigenvalue weighted by Crippen LogP contribution is 2.36. The van der Waals surface area contributed by atoms with Gasteiger partial charge < -0.3 is 9.47 Å². The molecule has 0 bridgehead atoms. The fourth-order valence-electron chi connectivity index (χ4n) is 3.31. The van der Waals surface area contributed by atoms with Crippen molar-refractivity contribution in [3.8, 4) is 22.1 Å². The molecular weight excluding hydrogens is 476 g/mol. The number of aromatic nitrogens is 2. The molecule has 0 atom stereocenters. The number of carbonyl (C=O) groups is 1. The fourth-order valence-corrected chi connectivity index (χ4v) is 5.70. The summed E-state index contributed by atoms with van der Waals surface area (Å²) in [6.07, 6.45) is 1.46. The highest BCUT2D eigenvalue weighted by molar-refractivity contribution is 7.89. The van der Waals surface area contributed by atoms with Crippen LogP contribution in [-0.4, -0.2) is 56.1 Å². The number of anilines is 1. The topological polar surface area (TPSA) is 111 Å². The van der Waals surface area contributed by atoms with Crippen LogP contribution in [0.4, 0.5) is 5.13 Å². The van der Waals surface area contributed by atoms with Gasteiger partial charge >= 0.3 is 0 Å². The van der Waals surface area contributed by atoms with Crippen LogP contribution in [0.5, 0.6) is 11.5 Å². The number of sulfonamides is 1. The molecule has 2 aromatic carbocycles. The van der Waals surface area contributed by atoms with Crippen LogP contribution in [0.1, 0.15) is 37.0 Å². The molecule has 3 aromatic rings. The lowest BCUT2D eigenvalue weighted by Crippen LogP contribution is -2.32. The first-order valence-electron chi connectivity index (χ1n) is 10.8. The van der Waals surface area contributed by atoms with E-state index in [2.05, 4.69) is 15.5 Å². The fraction of sp³-hybridized carbons (Fsp3) is 0.348. The third-order valence-electron chi connectivity index (χ3n) is 4.98. The van der Waals surface area contributed by atoms with Crippen LogP contribution < -0.4 is 14.8 Å². The first kappa shape index (κ1) is 25.6. The summed E-state index contributed by atoms with van der Waals surface area (Å²) in [7, 11) is -0.483.